The van der Waals surface area contributed by atoms with Crippen LogP contribution in [0.2, 0.25) is 0 Å². The van der Waals surface area contributed by atoms with Crippen LogP contribution in [0, 0.1) is 0 Å². The van der Waals surface area contributed by atoms with E-state index in [4.69, 9.17) is 0 Å². The average molecular weight is 308 g/mol. The molecule has 0 aromatic heterocycles. The van der Waals surface area contributed by atoms with Crippen molar-refractivity contribution in [1.29, 1.82) is 0 Å². The molecule has 1 aliphatic rings. The van der Waals surface area contributed by atoms with Crippen LogP contribution in [0.4, 0.5) is 35.1 Å². The van der Waals surface area contributed by atoms with E-state index in [-0.39, 0.29) is 0 Å². The maximum absolute atomic E-state index is 12.6. The predicted octanol–water partition coefficient (Wildman–Crippen LogP) is 3.40. The number of rotatable bonds is 4. The Labute approximate surface area is 96.0 Å². The standard InChI is InChI=1S/C6H5F8O3P/c7-3(4(8)9)6(13,14)17-18-15-1-2(16-18)5(10,11)12/h2-4H,1H2. The second-order valence-electron chi connectivity index (χ2n) is 3.04. The van der Waals surface area contributed by atoms with Crippen molar-refractivity contribution in [1.82, 2.24) is 0 Å². The van der Waals surface area contributed by atoms with Gasteiger partial charge in [-0.05, 0) is 0 Å². The normalized spacial score (nSPS) is 27.8. The van der Waals surface area contributed by atoms with E-state index in [1.165, 1.54) is 0 Å². The molecule has 1 fully saturated rings. The predicted molar refractivity (Wildman–Crippen MR) is 40.7 cm³/mol. The Balaban J connectivity index is 2.55. The lowest BCUT2D eigenvalue weighted by Crippen LogP contribution is -2.37. The van der Waals surface area contributed by atoms with Crippen LogP contribution in [0.1, 0.15) is 0 Å². The van der Waals surface area contributed by atoms with Crippen molar-refractivity contribution >= 4 is 8.60 Å². The second-order valence-corrected chi connectivity index (χ2v) is 4.14. The van der Waals surface area contributed by atoms with Crippen LogP contribution in [0.15, 0.2) is 0 Å². The first-order valence-corrected chi connectivity index (χ1v) is 5.29. The van der Waals surface area contributed by atoms with E-state index in [2.05, 4.69) is 13.6 Å². The molecule has 1 saturated heterocycles. The van der Waals surface area contributed by atoms with E-state index in [0.29, 0.717) is 0 Å². The van der Waals surface area contributed by atoms with Crippen molar-refractivity contribution in [2.24, 2.45) is 0 Å². The summed E-state index contributed by atoms with van der Waals surface area (Å²) in [5.41, 5.74) is 0. The van der Waals surface area contributed by atoms with Crippen LogP contribution in [-0.4, -0.2) is 37.6 Å². The summed E-state index contributed by atoms with van der Waals surface area (Å²) in [7, 11) is -3.24. The Kier molecular flexibility index (Phi) is 4.74. The van der Waals surface area contributed by atoms with Gasteiger partial charge in [-0.15, -0.1) is 0 Å². The Morgan fingerprint density at radius 1 is 1.11 bits per heavy atom. The SMILES string of the molecule is FC(F)C(F)C(F)(F)OP1OCC(C(F)(F)F)O1. The molecule has 0 saturated carbocycles. The number of hydrogen-bond donors (Lipinski definition) is 0. The van der Waals surface area contributed by atoms with Crippen molar-refractivity contribution in [3.05, 3.63) is 0 Å². The third kappa shape index (κ3) is 3.87. The smallest absolute Gasteiger partial charge is 0.309 e. The lowest BCUT2D eigenvalue weighted by Gasteiger charge is -2.21. The topological polar surface area (TPSA) is 27.7 Å². The first kappa shape index (κ1) is 15.8. The maximum atomic E-state index is 12.6. The Hall–Kier alpha value is -0.250. The minimum absolute atomic E-state index is 1.13. The van der Waals surface area contributed by atoms with E-state index < -0.39 is 46.2 Å². The lowest BCUT2D eigenvalue weighted by atomic mass is 10.4. The average Bonchev–Trinajstić information content (AvgIpc) is 2.63. The minimum Gasteiger partial charge on any atom is -0.309 e. The fourth-order valence-electron chi connectivity index (χ4n) is 0.792. The first-order chi connectivity index (χ1) is 8.04. The third-order valence-electron chi connectivity index (χ3n) is 1.65. The molecule has 0 aromatic carbocycles. The summed E-state index contributed by atoms with van der Waals surface area (Å²) in [5.74, 6) is 0. The van der Waals surface area contributed by atoms with Crippen LogP contribution >= 0.6 is 8.60 Å². The monoisotopic (exact) mass is 308 g/mol. The summed E-state index contributed by atoms with van der Waals surface area (Å²) in [6, 6.07) is 0. The van der Waals surface area contributed by atoms with E-state index in [0.717, 1.165) is 0 Å². The molecule has 0 radical (unpaired) electrons. The highest BCUT2D eigenvalue weighted by Crippen LogP contribution is 2.54. The third-order valence-corrected chi connectivity index (χ3v) is 2.83. The summed E-state index contributed by atoms with van der Waals surface area (Å²) in [6.45, 7) is -1.13. The lowest BCUT2D eigenvalue weighted by molar-refractivity contribution is -0.249. The summed E-state index contributed by atoms with van der Waals surface area (Å²) < 4.78 is 108. The largest absolute Gasteiger partial charge is 0.417 e. The van der Waals surface area contributed by atoms with E-state index in [1.54, 1.807) is 0 Å². The zero-order chi connectivity index (χ0) is 14.1. The van der Waals surface area contributed by atoms with Gasteiger partial charge in [-0.2, -0.15) is 22.0 Å². The van der Waals surface area contributed by atoms with Gasteiger partial charge in [0.15, 0.2) is 6.10 Å². The van der Waals surface area contributed by atoms with Gasteiger partial charge in [0, 0.05) is 0 Å². The quantitative estimate of drug-likeness (QED) is 0.588. The molecular formula is C6H5F8O3P. The van der Waals surface area contributed by atoms with Gasteiger partial charge in [0.1, 0.15) is 0 Å². The van der Waals surface area contributed by atoms with E-state index in [9.17, 15) is 35.1 Å². The first-order valence-electron chi connectivity index (χ1n) is 4.19. The van der Waals surface area contributed by atoms with Gasteiger partial charge in [-0.1, -0.05) is 0 Å². The Morgan fingerprint density at radius 2 is 1.67 bits per heavy atom. The molecule has 108 valence electrons. The van der Waals surface area contributed by atoms with Crippen molar-refractivity contribution in [2.45, 2.75) is 31.0 Å². The Bertz CT molecular complexity index is 284. The molecule has 0 aromatic rings. The molecule has 1 rings (SSSR count). The van der Waals surface area contributed by atoms with Crippen LogP contribution < -0.4 is 0 Å². The molecule has 0 amide bonds. The molecule has 0 N–H and O–H groups in total. The fraction of sp³-hybridized carbons (Fsp3) is 1.00. The number of alkyl halides is 8. The van der Waals surface area contributed by atoms with Crippen LogP contribution in [0.3, 0.4) is 0 Å². The van der Waals surface area contributed by atoms with Crippen molar-refractivity contribution in [3.63, 3.8) is 0 Å². The highest BCUT2D eigenvalue weighted by Gasteiger charge is 2.54. The minimum atomic E-state index is -5.00. The summed E-state index contributed by atoms with van der Waals surface area (Å²) in [4.78, 5) is 0. The van der Waals surface area contributed by atoms with Gasteiger partial charge in [-0.3, -0.25) is 4.52 Å². The van der Waals surface area contributed by atoms with Crippen molar-refractivity contribution in [2.75, 3.05) is 6.61 Å². The summed E-state index contributed by atoms with van der Waals surface area (Å²) in [5, 5.41) is 0. The zero-order valence-corrected chi connectivity index (χ0v) is 9.03. The molecule has 0 bridgehead atoms. The van der Waals surface area contributed by atoms with Gasteiger partial charge in [0.2, 0.25) is 0 Å². The second kappa shape index (κ2) is 5.40. The summed E-state index contributed by atoms with van der Waals surface area (Å²) in [6.07, 6.45) is -20.4. The van der Waals surface area contributed by atoms with Crippen LogP contribution in [0.25, 0.3) is 0 Å². The molecule has 3 unspecified atom stereocenters. The van der Waals surface area contributed by atoms with Gasteiger partial charge in [0.05, 0.1) is 6.61 Å². The van der Waals surface area contributed by atoms with Crippen molar-refractivity contribution in [3.8, 4) is 0 Å². The van der Waals surface area contributed by atoms with E-state index in [1.807, 2.05) is 0 Å². The van der Waals surface area contributed by atoms with Gasteiger partial charge >= 0.3 is 20.9 Å². The molecular weight excluding hydrogens is 303 g/mol. The van der Waals surface area contributed by atoms with E-state index >= 15 is 0 Å². The molecule has 0 aliphatic carbocycles. The highest BCUT2D eigenvalue weighted by atomic mass is 31.2. The fourth-order valence-corrected chi connectivity index (χ4v) is 1.89. The molecule has 0 spiro atoms. The number of halogens is 8. The van der Waals surface area contributed by atoms with Gasteiger partial charge < -0.3 is 4.52 Å². The molecule has 12 heteroatoms. The van der Waals surface area contributed by atoms with Crippen LogP contribution in [0.5, 0.6) is 0 Å². The van der Waals surface area contributed by atoms with Crippen molar-refractivity contribution < 1.29 is 48.7 Å². The molecule has 3 atom stereocenters. The molecule has 1 aliphatic heterocycles. The van der Waals surface area contributed by atoms with Gasteiger partial charge in [0.25, 0.3) is 12.6 Å². The van der Waals surface area contributed by atoms with Gasteiger partial charge in [-0.25, -0.2) is 17.7 Å². The maximum Gasteiger partial charge on any atom is 0.417 e. The Morgan fingerprint density at radius 3 is 2.06 bits per heavy atom. The van der Waals surface area contributed by atoms with Crippen LogP contribution in [-0.2, 0) is 13.6 Å². The zero-order valence-electron chi connectivity index (χ0n) is 8.13. The highest BCUT2D eigenvalue weighted by molar-refractivity contribution is 7.42. The molecule has 1 heterocycles. The molecule has 3 nitrogen and oxygen atoms in total. The molecule has 18 heavy (non-hydrogen) atoms. The summed E-state index contributed by atoms with van der Waals surface area (Å²) >= 11 is 0. The number of hydrogen-bond acceptors (Lipinski definition) is 3.